The van der Waals surface area contributed by atoms with Crippen molar-refractivity contribution in [1.29, 1.82) is 5.26 Å². The molecule has 3 rings (SSSR count). The van der Waals surface area contributed by atoms with Crippen LogP contribution < -0.4 is 4.90 Å². The van der Waals surface area contributed by atoms with Gasteiger partial charge < -0.3 is 4.90 Å². The third kappa shape index (κ3) is 2.37. The molecule has 1 aromatic heterocycles. The number of rotatable bonds is 4. The molecule has 1 fully saturated rings. The van der Waals surface area contributed by atoms with Crippen LogP contribution in [0, 0.1) is 11.3 Å². The zero-order valence-electron chi connectivity index (χ0n) is 11.6. The number of aromatic nitrogens is 1. The Morgan fingerprint density at radius 2 is 1.90 bits per heavy atom. The van der Waals surface area contributed by atoms with Crippen molar-refractivity contribution in [1.82, 2.24) is 4.98 Å². The minimum atomic E-state index is 0.264. The van der Waals surface area contributed by atoms with Gasteiger partial charge in [-0.05, 0) is 30.5 Å². The minimum Gasteiger partial charge on any atom is -0.359 e. The third-order valence-electron chi connectivity index (χ3n) is 4.02. The molecule has 0 radical (unpaired) electrons. The van der Waals surface area contributed by atoms with E-state index in [1.165, 1.54) is 18.4 Å². The topological polar surface area (TPSA) is 39.9 Å². The molecule has 0 atom stereocenters. The molecule has 1 aliphatic rings. The molecule has 2 aromatic rings. The van der Waals surface area contributed by atoms with Crippen LogP contribution in [0.3, 0.4) is 0 Å². The Labute approximate surface area is 119 Å². The van der Waals surface area contributed by atoms with Crippen molar-refractivity contribution in [3.05, 3.63) is 59.8 Å². The molecule has 0 saturated heterocycles. The molecule has 0 bridgehead atoms. The van der Waals surface area contributed by atoms with Gasteiger partial charge in [0, 0.05) is 19.0 Å². The van der Waals surface area contributed by atoms with Gasteiger partial charge in [0.2, 0.25) is 0 Å². The summed E-state index contributed by atoms with van der Waals surface area (Å²) in [5.74, 6) is 0.867. The molecule has 0 aliphatic heterocycles. The molecule has 0 spiro atoms. The van der Waals surface area contributed by atoms with Crippen molar-refractivity contribution in [2.45, 2.75) is 18.3 Å². The minimum absolute atomic E-state index is 0.264. The van der Waals surface area contributed by atoms with Gasteiger partial charge in [0.25, 0.3) is 0 Å². The summed E-state index contributed by atoms with van der Waals surface area (Å²) in [4.78, 5) is 6.52. The maximum atomic E-state index is 8.94. The second-order valence-corrected chi connectivity index (χ2v) is 5.50. The van der Waals surface area contributed by atoms with Crippen LogP contribution >= 0.6 is 0 Å². The Bertz CT molecular complexity index is 639. The first-order chi connectivity index (χ1) is 9.73. The van der Waals surface area contributed by atoms with E-state index in [0.29, 0.717) is 5.69 Å². The fourth-order valence-corrected chi connectivity index (χ4v) is 2.71. The Morgan fingerprint density at radius 1 is 1.15 bits per heavy atom. The summed E-state index contributed by atoms with van der Waals surface area (Å²) < 4.78 is 0. The molecular formula is C17H17N3. The van der Waals surface area contributed by atoms with E-state index in [1.54, 1.807) is 6.07 Å². The molecular weight excluding hydrogens is 246 g/mol. The Hall–Kier alpha value is -2.34. The summed E-state index contributed by atoms with van der Waals surface area (Å²) in [7, 11) is 2.05. The highest BCUT2D eigenvalue weighted by molar-refractivity contribution is 5.44. The Kier molecular flexibility index (Phi) is 3.15. The van der Waals surface area contributed by atoms with Crippen LogP contribution in [-0.2, 0) is 5.41 Å². The first kappa shape index (κ1) is 12.7. The molecule has 1 heterocycles. The van der Waals surface area contributed by atoms with E-state index in [-0.39, 0.29) is 5.41 Å². The third-order valence-corrected chi connectivity index (χ3v) is 4.02. The van der Waals surface area contributed by atoms with E-state index < -0.39 is 0 Å². The molecule has 20 heavy (non-hydrogen) atoms. The van der Waals surface area contributed by atoms with Gasteiger partial charge in [-0.1, -0.05) is 36.4 Å². The molecule has 100 valence electrons. The molecule has 3 nitrogen and oxygen atoms in total. The summed E-state index contributed by atoms with van der Waals surface area (Å²) in [6.07, 6.45) is 2.44. The fraction of sp³-hybridized carbons (Fsp3) is 0.294. The lowest BCUT2D eigenvalue weighted by atomic mass is 9.95. The largest absolute Gasteiger partial charge is 0.359 e. The van der Waals surface area contributed by atoms with Crippen LogP contribution in [-0.4, -0.2) is 18.6 Å². The highest BCUT2D eigenvalue weighted by Crippen LogP contribution is 2.48. The van der Waals surface area contributed by atoms with Gasteiger partial charge >= 0.3 is 0 Å². The molecule has 1 aromatic carbocycles. The average molecular weight is 263 g/mol. The van der Waals surface area contributed by atoms with Crippen molar-refractivity contribution in [2.75, 3.05) is 18.5 Å². The molecule has 0 unspecified atom stereocenters. The summed E-state index contributed by atoms with van der Waals surface area (Å²) in [5, 5.41) is 8.94. The predicted molar refractivity (Wildman–Crippen MR) is 79.6 cm³/mol. The maximum Gasteiger partial charge on any atom is 0.142 e. The van der Waals surface area contributed by atoms with Gasteiger partial charge in [0.1, 0.15) is 17.6 Å². The zero-order chi connectivity index (χ0) is 14.0. The molecule has 3 heteroatoms. The number of hydrogen-bond donors (Lipinski definition) is 0. The van der Waals surface area contributed by atoms with Crippen LogP contribution in [0.5, 0.6) is 0 Å². The number of likely N-dealkylation sites (N-methyl/N-ethyl adjacent to an activating group) is 1. The fourth-order valence-electron chi connectivity index (χ4n) is 2.71. The lowest BCUT2D eigenvalue weighted by molar-refractivity contribution is 0.668. The number of anilines is 1. The summed E-state index contributed by atoms with van der Waals surface area (Å²) in [6, 6.07) is 18.4. The van der Waals surface area contributed by atoms with Crippen LogP contribution in [0.2, 0.25) is 0 Å². The van der Waals surface area contributed by atoms with Crippen LogP contribution in [0.25, 0.3) is 0 Å². The standard InChI is InChI=1S/C17H17N3/c1-20(16-9-5-8-15(12-18)19-16)13-17(10-11-17)14-6-3-2-4-7-14/h2-9H,10-11,13H2,1H3. The molecule has 1 aliphatic carbocycles. The lowest BCUT2D eigenvalue weighted by Gasteiger charge is -2.25. The van der Waals surface area contributed by atoms with Gasteiger partial charge in [-0.25, -0.2) is 4.98 Å². The number of hydrogen-bond acceptors (Lipinski definition) is 3. The normalized spacial score (nSPS) is 15.4. The first-order valence-electron chi connectivity index (χ1n) is 6.87. The highest BCUT2D eigenvalue weighted by Gasteiger charge is 2.45. The number of benzene rings is 1. The van der Waals surface area contributed by atoms with Gasteiger partial charge in [-0.3, -0.25) is 0 Å². The van der Waals surface area contributed by atoms with Gasteiger partial charge in [0.15, 0.2) is 0 Å². The summed E-state index contributed by atoms with van der Waals surface area (Å²) >= 11 is 0. The monoisotopic (exact) mass is 263 g/mol. The van der Waals surface area contributed by atoms with Crippen LogP contribution in [0.15, 0.2) is 48.5 Å². The van der Waals surface area contributed by atoms with E-state index in [1.807, 2.05) is 19.2 Å². The quantitative estimate of drug-likeness (QED) is 0.851. The van der Waals surface area contributed by atoms with Crippen LogP contribution in [0.4, 0.5) is 5.82 Å². The number of pyridine rings is 1. The SMILES string of the molecule is CN(CC1(c2ccccc2)CC1)c1cccc(C#N)n1. The predicted octanol–water partition coefficient (Wildman–Crippen LogP) is 3.12. The maximum absolute atomic E-state index is 8.94. The molecule has 0 N–H and O–H groups in total. The first-order valence-corrected chi connectivity index (χ1v) is 6.87. The average Bonchev–Trinajstić information content (AvgIpc) is 3.29. The highest BCUT2D eigenvalue weighted by atomic mass is 15.2. The van der Waals surface area contributed by atoms with E-state index in [4.69, 9.17) is 5.26 Å². The molecule has 1 saturated carbocycles. The van der Waals surface area contributed by atoms with Crippen molar-refractivity contribution in [2.24, 2.45) is 0 Å². The Balaban J connectivity index is 1.79. The smallest absolute Gasteiger partial charge is 0.142 e. The summed E-state index contributed by atoms with van der Waals surface area (Å²) in [5.41, 5.74) is 2.14. The van der Waals surface area contributed by atoms with E-state index >= 15 is 0 Å². The van der Waals surface area contributed by atoms with Crippen molar-refractivity contribution < 1.29 is 0 Å². The zero-order valence-corrected chi connectivity index (χ0v) is 11.6. The van der Waals surface area contributed by atoms with Crippen molar-refractivity contribution in [3.8, 4) is 6.07 Å². The second kappa shape index (κ2) is 4.97. The van der Waals surface area contributed by atoms with E-state index in [9.17, 15) is 0 Å². The molecule has 0 amide bonds. The van der Waals surface area contributed by atoms with Gasteiger partial charge in [-0.15, -0.1) is 0 Å². The van der Waals surface area contributed by atoms with Gasteiger partial charge in [0.05, 0.1) is 0 Å². The summed E-state index contributed by atoms with van der Waals surface area (Å²) in [6.45, 7) is 0.943. The Morgan fingerprint density at radius 3 is 2.55 bits per heavy atom. The number of nitrogens with zero attached hydrogens (tertiary/aromatic N) is 3. The number of nitriles is 1. The van der Waals surface area contributed by atoms with E-state index in [2.05, 4.69) is 46.3 Å². The van der Waals surface area contributed by atoms with Crippen molar-refractivity contribution >= 4 is 5.82 Å². The van der Waals surface area contributed by atoms with Crippen LogP contribution in [0.1, 0.15) is 24.1 Å². The van der Waals surface area contributed by atoms with Gasteiger partial charge in [-0.2, -0.15) is 5.26 Å². The lowest BCUT2D eigenvalue weighted by Crippen LogP contribution is -2.29. The van der Waals surface area contributed by atoms with E-state index in [0.717, 1.165) is 12.4 Å². The second-order valence-electron chi connectivity index (χ2n) is 5.50. The van der Waals surface area contributed by atoms with Crippen molar-refractivity contribution in [3.63, 3.8) is 0 Å².